The molecule has 0 radical (unpaired) electrons. The van der Waals surface area contributed by atoms with Crippen LogP contribution in [0.5, 0.6) is 11.5 Å². The predicted octanol–water partition coefficient (Wildman–Crippen LogP) is 4.24. The summed E-state index contributed by atoms with van der Waals surface area (Å²) in [7, 11) is 0. The smallest absolute Gasteiger partial charge is 0.257 e. The van der Waals surface area contributed by atoms with Gasteiger partial charge in [0.05, 0.1) is 5.56 Å². The van der Waals surface area contributed by atoms with Crippen molar-refractivity contribution in [1.82, 2.24) is 4.98 Å². The number of ether oxygens (including phenoxy) is 2. The third-order valence-corrected chi connectivity index (χ3v) is 4.32. The van der Waals surface area contributed by atoms with Gasteiger partial charge in [-0.05, 0) is 36.8 Å². The van der Waals surface area contributed by atoms with Crippen LogP contribution in [-0.2, 0) is 0 Å². The predicted molar refractivity (Wildman–Crippen MR) is 103 cm³/mol. The van der Waals surface area contributed by atoms with E-state index in [0.717, 1.165) is 0 Å². The largest absolute Gasteiger partial charge is 0.454 e. The van der Waals surface area contributed by atoms with E-state index in [4.69, 9.17) is 9.47 Å². The van der Waals surface area contributed by atoms with Gasteiger partial charge >= 0.3 is 0 Å². The Morgan fingerprint density at radius 2 is 1.85 bits per heavy atom. The Morgan fingerprint density at radius 3 is 2.63 bits per heavy atom. The summed E-state index contributed by atoms with van der Waals surface area (Å²) in [5.74, 6) is 1.79. The Hall–Kier alpha value is -3.54. The minimum Gasteiger partial charge on any atom is -0.454 e. The number of nitrogens with one attached hydrogen (secondary N) is 2. The molecule has 2 N–H and O–H groups in total. The van der Waals surface area contributed by atoms with Crippen LogP contribution in [0.3, 0.4) is 0 Å². The Balaban J connectivity index is 1.40. The number of amides is 1. The second-order valence-corrected chi connectivity index (χ2v) is 6.23. The molecule has 1 unspecified atom stereocenters. The molecular weight excluding hydrogens is 342 g/mol. The molecule has 0 saturated heterocycles. The van der Waals surface area contributed by atoms with E-state index >= 15 is 0 Å². The van der Waals surface area contributed by atoms with Gasteiger partial charge in [-0.15, -0.1) is 0 Å². The highest BCUT2D eigenvalue weighted by molar-refractivity contribution is 6.04. The van der Waals surface area contributed by atoms with Crippen molar-refractivity contribution in [1.29, 1.82) is 0 Å². The normalized spacial score (nSPS) is 13.1. The minimum atomic E-state index is -0.232. The first-order valence-corrected chi connectivity index (χ1v) is 8.67. The average Bonchev–Trinajstić information content (AvgIpc) is 3.17. The number of hydrogen-bond acceptors (Lipinski definition) is 5. The molecule has 3 aromatic rings. The van der Waals surface area contributed by atoms with Crippen molar-refractivity contribution in [2.45, 2.75) is 13.0 Å². The summed E-state index contributed by atoms with van der Waals surface area (Å²) in [6, 6.07) is 19.1. The number of hydrogen-bond donors (Lipinski definition) is 2. The number of anilines is 2. The summed E-state index contributed by atoms with van der Waals surface area (Å²) in [6.07, 6.45) is 1.56. The van der Waals surface area contributed by atoms with Crippen LogP contribution in [0.4, 0.5) is 11.5 Å². The van der Waals surface area contributed by atoms with Crippen LogP contribution < -0.4 is 20.1 Å². The summed E-state index contributed by atoms with van der Waals surface area (Å²) in [5, 5.41) is 6.17. The molecule has 136 valence electrons. The van der Waals surface area contributed by atoms with Crippen LogP contribution in [0.15, 0.2) is 66.9 Å². The first-order valence-electron chi connectivity index (χ1n) is 8.67. The molecule has 1 amide bonds. The van der Waals surface area contributed by atoms with Gasteiger partial charge in [-0.25, -0.2) is 4.98 Å². The molecule has 4 rings (SSSR count). The monoisotopic (exact) mass is 361 g/mol. The quantitative estimate of drug-likeness (QED) is 0.711. The molecule has 0 aliphatic carbocycles. The Morgan fingerprint density at radius 1 is 1.04 bits per heavy atom. The second kappa shape index (κ2) is 7.37. The molecular formula is C21H19N3O3. The molecule has 1 aliphatic rings. The third-order valence-electron chi connectivity index (χ3n) is 4.32. The van der Waals surface area contributed by atoms with Crippen LogP contribution in [0.25, 0.3) is 0 Å². The van der Waals surface area contributed by atoms with Crippen molar-refractivity contribution in [3.63, 3.8) is 0 Å². The minimum absolute atomic E-state index is 0.118. The Kier molecular flexibility index (Phi) is 4.61. The number of fused-ring (bicyclic) bond motifs is 1. The first-order chi connectivity index (χ1) is 13.2. The van der Waals surface area contributed by atoms with E-state index in [1.165, 1.54) is 5.56 Å². The summed E-state index contributed by atoms with van der Waals surface area (Å²) >= 11 is 0. The molecule has 0 spiro atoms. The highest BCUT2D eigenvalue weighted by atomic mass is 16.7. The fourth-order valence-electron chi connectivity index (χ4n) is 2.84. The molecule has 1 atom stereocenters. The highest BCUT2D eigenvalue weighted by Crippen LogP contribution is 2.34. The summed E-state index contributed by atoms with van der Waals surface area (Å²) in [6.45, 7) is 2.27. The van der Waals surface area contributed by atoms with Gasteiger partial charge in [0, 0.05) is 24.0 Å². The summed E-state index contributed by atoms with van der Waals surface area (Å²) < 4.78 is 10.6. The Bertz CT molecular complexity index is 943. The van der Waals surface area contributed by atoms with Crippen molar-refractivity contribution in [3.05, 3.63) is 78.0 Å². The van der Waals surface area contributed by atoms with Crippen molar-refractivity contribution in [3.8, 4) is 11.5 Å². The van der Waals surface area contributed by atoms with Crippen LogP contribution in [0.2, 0.25) is 0 Å². The zero-order valence-corrected chi connectivity index (χ0v) is 14.8. The maximum Gasteiger partial charge on any atom is 0.257 e. The van der Waals surface area contributed by atoms with Crippen molar-refractivity contribution >= 4 is 17.4 Å². The fraction of sp³-hybridized carbons (Fsp3) is 0.143. The Labute approximate surface area is 157 Å². The molecule has 0 fully saturated rings. The second-order valence-electron chi connectivity index (χ2n) is 6.23. The number of nitrogens with zero attached hydrogens (tertiary/aromatic N) is 1. The van der Waals surface area contributed by atoms with Crippen LogP contribution >= 0.6 is 0 Å². The molecule has 6 heteroatoms. The van der Waals surface area contributed by atoms with Crippen LogP contribution in [-0.4, -0.2) is 17.7 Å². The lowest BCUT2D eigenvalue weighted by Crippen LogP contribution is -2.13. The zero-order valence-electron chi connectivity index (χ0n) is 14.8. The van der Waals surface area contributed by atoms with Crippen LogP contribution in [0, 0.1) is 0 Å². The molecule has 1 aromatic heterocycles. The number of carbonyl (C=O) groups is 1. The zero-order chi connectivity index (χ0) is 18.6. The standard InChI is InChI=1S/C21H19N3O3/c1-14(15-5-3-2-4-6-15)23-20-10-7-16(12-22-20)21(25)24-17-8-9-18-19(11-17)27-13-26-18/h2-12,14H,13H2,1H3,(H,22,23)(H,24,25). The molecule has 1 aliphatic heterocycles. The molecule has 6 nitrogen and oxygen atoms in total. The van der Waals surface area contributed by atoms with Gasteiger partial charge in [-0.2, -0.15) is 0 Å². The maximum atomic E-state index is 12.4. The number of carbonyl (C=O) groups excluding carboxylic acids is 1. The van der Waals surface area contributed by atoms with Crippen molar-refractivity contribution in [2.75, 3.05) is 17.4 Å². The SMILES string of the molecule is CC(Nc1ccc(C(=O)Nc2ccc3c(c2)OCO3)cn1)c1ccccc1. The highest BCUT2D eigenvalue weighted by Gasteiger charge is 2.15. The molecule has 2 heterocycles. The molecule has 27 heavy (non-hydrogen) atoms. The van der Waals surface area contributed by atoms with E-state index < -0.39 is 0 Å². The number of pyridine rings is 1. The first kappa shape index (κ1) is 16.9. The third kappa shape index (κ3) is 3.84. The number of rotatable bonds is 5. The molecule has 2 aromatic carbocycles. The van der Waals surface area contributed by atoms with Gasteiger partial charge in [-0.1, -0.05) is 30.3 Å². The lowest BCUT2D eigenvalue weighted by Gasteiger charge is -2.15. The van der Waals surface area contributed by atoms with Gasteiger partial charge in [0.2, 0.25) is 6.79 Å². The maximum absolute atomic E-state index is 12.4. The van der Waals surface area contributed by atoms with Gasteiger partial charge in [0.25, 0.3) is 5.91 Å². The van der Waals surface area contributed by atoms with E-state index in [1.54, 1.807) is 36.5 Å². The van der Waals surface area contributed by atoms with Crippen molar-refractivity contribution < 1.29 is 14.3 Å². The van der Waals surface area contributed by atoms with Crippen molar-refractivity contribution in [2.24, 2.45) is 0 Å². The molecule has 0 saturated carbocycles. The van der Waals surface area contributed by atoms with Gasteiger partial charge < -0.3 is 20.1 Å². The lowest BCUT2D eigenvalue weighted by molar-refractivity contribution is 0.102. The number of aromatic nitrogens is 1. The van der Waals surface area contributed by atoms with E-state index in [1.807, 2.05) is 18.2 Å². The summed E-state index contributed by atoms with van der Waals surface area (Å²) in [5.41, 5.74) is 2.29. The topological polar surface area (TPSA) is 72.5 Å². The van der Waals surface area contributed by atoms with Gasteiger partial charge in [0.15, 0.2) is 11.5 Å². The molecule has 0 bridgehead atoms. The van der Waals surface area contributed by atoms with Crippen LogP contribution in [0.1, 0.15) is 28.9 Å². The van der Waals surface area contributed by atoms with Gasteiger partial charge in [-0.3, -0.25) is 4.79 Å². The van der Waals surface area contributed by atoms with E-state index in [9.17, 15) is 4.79 Å². The van der Waals surface area contributed by atoms with E-state index in [2.05, 4.69) is 34.7 Å². The lowest BCUT2D eigenvalue weighted by atomic mass is 10.1. The average molecular weight is 361 g/mol. The fourth-order valence-corrected chi connectivity index (χ4v) is 2.84. The van der Waals surface area contributed by atoms with Gasteiger partial charge in [0.1, 0.15) is 5.82 Å². The van der Waals surface area contributed by atoms with E-state index in [0.29, 0.717) is 28.6 Å². The summed E-state index contributed by atoms with van der Waals surface area (Å²) in [4.78, 5) is 16.8. The number of benzene rings is 2. The van der Waals surface area contributed by atoms with E-state index in [-0.39, 0.29) is 18.7 Å².